The van der Waals surface area contributed by atoms with Crippen LogP contribution in [0.25, 0.3) is 0 Å². The number of aliphatic hydroxyl groups excluding tert-OH is 1. The van der Waals surface area contributed by atoms with Crippen molar-refractivity contribution < 1.29 is 15.4 Å². The van der Waals surface area contributed by atoms with Crippen LogP contribution in [0.15, 0.2) is 0 Å². The predicted molar refractivity (Wildman–Crippen MR) is 91.9 cm³/mol. The normalized spacial score (nSPS) is 62.0. The van der Waals surface area contributed by atoms with Gasteiger partial charge in [0, 0.05) is 11.4 Å². The standard InChI is InChI=1S/C21H34O2/c1-13(22)17-6-7-18-16-5-4-14-12-15(23)8-10-20(14,2)19(16)9-11-21(17,18)3/h14-19,23H,4-12H2,1-3H3/t14-,15+,16-,17+,18-,19-,20-,21+/m0/s1/i1D3,17D. The van der Waals surface area contributed by atoms with Crippen molar-refractivity contribution in [3.05, 3.63) is 0 Å². The molecule has 0 aromatic rings. The summed E-state index contributed by atoms with van der Waals surface area (Å²) in [7, 11) is 0. The van der Waals surface area contributed by atoms with Crippen LogP contribution in [-0.2, 0) is 4.79 Å². The van der Waals surface area contributed by atoms with E-state index in [2.05, 4.69) is 6.92 Å². The highest BCUT2D eigenvalue weighted by atomic mass is 16.3. The van der Waals surface area contributed by atoms with E-state index in [1.807, 2.05) is 6.92 Å². The molecule has 23 heavy (non-hydrogen) atoms. The maximum atomic E-state index is 12.8. The van der Waals surface area contributed by atoms with E-state index in [9.17, 15) is 9.90 Å². The lowest BCUT2D eigenvalue weighted by Gasteiger charge is -2.60. The highest BCUT2D eigenvalue weighted by Crippen LogP contribution is 2.67. The number of Topliss-reactive ketones (excluding diaryl/α,β-unsaturated/α-hetero) is 1. The van der Waals surface area contributed by atoms with Crippen molar-refractivity contribution in [2.45, 2.75) is 84.6 Å². The van der Waals surface area contributed by atoms with Gasteiger partial charge in [-0.05, 0) is 99.1 Å². The summed E-state index contributed by atoms with van der Waals surface area (Å²) in [6.45, 7) is 1.77. The van der Waals surface area contributed by atoms with Gasteiger partial charge in [0.1, 0.15) is 5.78 Å². The first-order chi connectivity index (χ1) is 12.4. The molecule has 4 fully saturated rings. The molecule has 4 rings (SSSR count). The number of rotatable bonds is 1. The molecule has 4 saturated carbocycles. The Balaban J connectivity index is 1.64. The molecule has 0 bridgehead atoms. The zero-order valence-corrected chi connectivity index (χ0v) is 14.6. The number of fused-ring (bicyclic) bond motifs is 5. The van der Waals surface area contributed by atoms with Crippen molar-refractivity contribution >= 4 is 5.78 Å². The molecule has 4 aliphatic rings. The van der Waals surface area contributed by atoms with Crippen LogP contribution in [0.2, 0.25) is 0 Å². The average Bonchev–Trinajstić information content (AvgIpc) is 2.86. The minimum atomic E-state index is -2.68. The number of hydrogen-bond donors (Lipinski definition) is 1. The maximum absolute atomic E-state index is 12.8. The number of ketones is 1. The van der Waals surface area contributed by atoms with Crippen LogP contribution in [0.4, 0.5) is 0 Å². The largest absolute Gasteiger partial charge is 0.393 e. The number of hydrogen-bond acceptors (Lipinski definition) is 2. The molecule has 0 heterocycles. The summed E-state index contributed by atoms with van der Waals surface area (Å²) < 4.78 is 31.8. The molecule has 0 spiro atoms. The Morgan fingerprint density at radius 2 is 1.78 bits per heavy atom. The highest BCUT2D eigenvalue weighted by molar-refractivity contribution is 5.79. The minimum Gasteiger partial charge on any atom is -0.393 e. The number of carbonyl (C=O) groups excluding carboxylic acids is 1. The maximum Gasteiger partial charge on any atom is 0.133 e. The fourth-order valence-corrected chi connectivity index (χ4v) is 7.42. The van der Waals surface area contributed by atoms with Crippen molar-refractivity contribution in [2.75, 3.05) is 0 Å². The van der Waals surface area contributed by atoms with Crippen molar-refractivity contribution in [3.63, 3.8) is 0 Å². The summed E-state index contributed by atoms with van der Waals surface area (Å²) in [5.74, 6) is -0.347. The molecular formula is C21H34O2. The Morgan fingerprint density at radius 1 is 1.04 bits per heavy atom. The Kier molecular flexibility index (Phi) is 2.79. The smallest absolute Gasteiger partial charge is 0.133 e. The molecule has 0 aromatic carbocycles. The van der Waals surface area contributed by atoms with Crippen molar-refractivity contribution in [2.24, 2.45) is 40.4 Å². The van der Waals surface area contributed by atoms with Gasteiger partial charge in [-0.2, -0.15) is 0 Å². The van der Waals surface area contributed by atoms with Crippen LogP contribution in [-0.4, -0.2) is 17.0 Å². The molecule has 0 radical (unpaired) electrons. The molecule has 0 amide bonds. The average molecular weight is 323 g/mol. The highest BCUT2D eigenvalue weighted by Gasteiger charge is 2.60. The Hall–Kier alpha value is -0.370. The van der Waals surface area contributed by atoms with Crippen LogP contribution in [0.3, 0.4) is 0 Å². The second kappa shape index (κ2) is 5.31. The SMILES string of the molecule is [2H]C([2H])([2H])C(=O)[C@@]1([2H])CC[C@H]2[C@@H]3CC[C@H]4C[C@H](O)CC[C@]4(C)[C@H]3CC[C@@]21C. The third-order valence-electron chi connectivity index (χ3n) is 8.70. The van der Waals surface area contributed by atoms with Gasteiger partial charge in [-0.15, -0.1) is 0 Å². The van der Waals surface area contributed by atoms with E-state index in [1.165, 1.54) is 0 Å². The topological polar surface area (TPSA) is 37.3 Å². The van der Waals surface area contributed by atoms with Crippen molar-refractivity contribution in [1.29, 1.82) is 0 Å². The van der Waals surface area contributed by atoms with Gasteiger partial charge in [-0.1, -0.05) is 13.8 Å². The van der Waals surface area contributed by atoms with Gasteiger partial charge in [0.2, 0.25) is 0 Å². The van der Waals surface area contributed by atoms with E-state index in [4.69, 9.17) is 5.48 Å². The lowest BCUT2D eigenvalue weighted by atomic mass is 9.44. The Labute approximate surface area is 147 Å². The lowest BCUT2D eigenvalue weighted by molar-refractivity contribution is -0.138. The van der Waals surface area contributed by atoms with Gasteiger partial charge in [-0.3, -0.25) is 4.79 Å². The van der Waals surface area contributed by atoms with Gasteiger partial charge in [-0.25, -0.2) is 0 Å². The summed E-state index contributed by atoms with van der Waals surface area (Å²) in [6, 6.07) is 0. The Morgan fingerprint density at radius 3 is 2.57 bits per heavy atom. The monoisotopic (exact) mass is 322 g/mol. The summed E-state index contributed by atoms with van der Waals surface area (Å²) in [5.41, 5.74) is -0.262. The molecule has 8 atom stereocenters. The second-order valence-corrected chi connectivity index (χ2v) is 9.39. The Bertz CT molecular complexity index is 634. The summed E-state index contributed by atoms with van der Waals surface area (Å²) in [4.78, 5) is 12.8. The number of carbonyl (C=O) groups is 1. The third-order valence-corrected chi connectivity index (χ3v) is 8.70. The van der Waals surface area contributed by atoms with Gasteiger partial charge < -0.3 is 5.11 Å². The van der Waals surface area contributed by atoms with E-state index in [0.29, 0.717) is 24.2 Å². The first-order valence-corrected chi connectivity index (χ1v) is 9.66. The molecule has 0 saturated heterocycles. The first-order valence-electron chi connectivity index (χ1n) is 11.7. The summed E-state index contributed by atoms with van der Waals surface area (Å²) in [6.07, 6.45) is 7.95. The van der Waals surface area contributed by atoms with Crippen molar-refractivity contribution in [1.82, 2.24) is 0 Å². The molecule has 0 unspecified atom stereocenters. The third kappa shape index (κ3) is 2.19. The van der Waals surface area contributed by atoms with Gasteiger partial charge in [0.15, 0.2) is 0 Å². The molecule has 130 valence electrons. The van der Waals surface area contributed by atoms with Crippen LogP contribution in [0.1, 0.15) is 84.0 Å². The molecule has 1 N–H and O–H groups in total. The van der Waals surface area contributed by atoms with Gasteiger partial charge in [0.05, 0.1) is 6.10 Å². The van der Waals surface area contributed by atoms with Crippen LogP contribution < -0.4 is 0 Å². The van der Waals surface area contributed by atoms with E-state index in [0.717, 1.165) is 51.4 Å². The fourth-order valence-electron chi connectivity index (χ4n) is 7.42. The van der Waals surface area contributed by atoms with E-state index in [-0.39, 0.29) is 17.4 Å². The molecule has 2 heteroatoms. The molecular weight excluding hydrogens is 284 g/mol. The van der Waals surface area contributed by atoms with Gasteiger partial charge in [0.25, 0.3) is 0 Å². The quantitative estimate of drug-likeness (QED) is 0.766. The second-order valence-electron chi connectivity index (χ2n) is 9.39. The summed E-state index contributed by atoms with van der Waals surface area (Å²) >= 11 is 0. The summed E-state index contributed by atoms with van der Waals surface area (Å²) in [5, 5.41) is 10.1. The molecule has 0 aliphatic heterocycles. The minimum absolute atomic E-state index is 0.155. The first kappa shape index (κ1) is 12.1. The van der Waals surface area contributed by atoms with E-state index in [1.54, 1.807) is 0 Å². The van der Waals surface area contributed by atoms with E-state index < -0.39 is 23.9 Å². The van der Waals surface area contributed by atoms with E-state index >= 15 is 0 Å². The predicted octanol–water partition coefficient (Wildman–Crippen LogP) is 4.60. The fraction of sp³-hybridized carbons (Fsp3) is 0.952. The van der Waals surface area contributed by atoms with Crippen LogP contribution in [0, 0.1) is 40.4 Å². The van der Waals surface area contributed by atoms with Crippen LogP contribution in [0.5, 0.6) is 0 Å². The van der Waals surface area contributed by atoms with Crippen molar-refractivity contribution in [3.8, 4) is 0 Å². The zero-order valence-electron chi connectivity index (χ0n) is 18.6. The zero-order chi connectivity index (χ0) is 19.8. The lowest BCUT2D eigenvalue weighted by Crippen LogP contribution is -2.54. The molecule has 4 aliphatic carbocycles. The molecule has 0 aromatic heterocycles. The number of aliphatic hydroxyl groups is 1. The molecule has 2 nitrogen and oxygen atoms in total. The van der Waals surface area contributed by atoms with Gasteiger partial charge >= 0.3 is 0 Å². The van der Waals surface area contributed by atoms with Crippen LogP contribution >= 0.6 is 0 Å².